The lowest BCUT2D eigenvalue weighted by Crippen LogP contribution is -2.44. The van der Waals surface area contributed by atoms with E-state index in [2.05, 4.69) is 20.6 Å². The van der Waals surface area contributed by atoms with Crippen molar-refractivity contribution < 1.29 is 4.79 Å². The van der Waals surface area contributed by atoms with Crippen molar-refractivity contribution in [2.75, 3.05) is 5.32 Å². The second-order valence-electron chi connectivity index (χ2n) is 7.70. The minimum atomic E-state index is -1.01. The molecule has 0 saturated heterocycles. The number of carbonyl (C=O) groups is 1. The number of hydrogen-bond acceptors (Lipinski definition) is 5. The van der Waals surface area contributed by atoms with Gasteiger partial charge >= 0.3 is 6.03 Å². The number of nitrogens with one attached hydrogen (secondary N) is 2. The van der Waals surface area contributed by atoms with E-state index in [0.717, 1.165) is 5.01 Å². The molecule has 1 aliphatic rings. The van der Waals surface area contributed by atoms with E-state index in [4.69, 9.17) is 47.0 Å². The number of aromatic nitrogens is 2. The molecule has 8 nitrogen and oxygen atoms in total. The van der Waals surface area contributed by atoms with Gasteiger partial charge < -0.3 is 4.98 Å². The van der Waals surface area contributed by atoms with Crippen molar-refractivity contribution in [3.05, 3.63) is 114 Å². The van der Waals surface area contributed by atoms with Gasteiger partial charge in [-0.3, -0.25) is 14.7 Å². The molecular weight excluding hydrogens is 543 g/mol. The van der Waals surface area contributed by atoms with E-state index in [-0.39, 0.29) is 16.2 Å². The zero-order valence-corrected chi connectivity index (χ0v) is 21.2. The highest BCUT2D eigenvalue weighted by Crippen LogP contribution is 2.38. The molecule has 0 saturated carbocycles. The van der Waals surface area contributed by atoms with Crippen LogP contribution < -0.4 is 10.9 Å². The van der Waals surface area contributed by atoms with Crippen LogP contribution in [0.2, 0.25) is 15.1 Å². The van der Waals surface area contributed by atoms with Crippen LogP contribution in [0.4, 0.5) is 16.3 Å². The average molecular weight is 558 g/mol. The van der Waals surface area contributed by atoms with Gasteiger partial charge in [0.1, 0.15) is 11.9 Å². The average Bonchev–Trinajstić information content (AvgIpc) is 2.84. The van der Waals surface area contributed by atoms with Gasteiger partial charge in [-0.2, -0.15) is 5.01 Å². The van der Waals surface area contributed by atoms with Gasteiger partial charge in [-0.1, -0.05) is 64.3 Å². The first-order valence-electron chi connectivity index (χ1n) is 10.5. The van der Waals surface area contributed by atoms with E-state index in [1.807, 2.05) is 0 Å². The molecule has 1 atom stereocenters. The SMILES string of the molecule is O=C1Nc2[nH]c(=S)n(-c3cccc(Cl)c3)c(=O)c2C(c2ccccc2Cl)N1N=Nc1ccc(Cl)cc1. The van der Waals surface area contributed by atoms with Gasteiger partial charge in [-0.25, -0.2) is 4.79 Å². The molecule has 0 aliphatic carbocycles. The Kier molecular flexibility index (Phi) is 6.63. The van der Waals surface area contributed by atoms with E-state index in [0.29, 0.717) is 32.0 Å². The first-order chi connectivity index (χ1) is 17.3. The van der Waals surface area contributed by atoms with Crippen LogP contribution in [0.5, 0.6) is 0 Å². The fourth-order valence-electron chi connectivity index (χ4n) is 3.84. The molecule has 2 heterocycles. The maximum Gasteiger partial charge on any atom is 0.345 e. The fraction of sp³-hybridized carbons (Fsp3) is 0.0417. The highest BCUT2D eigenvalue weighted by atomic mass is 35.5. The van der Waals surface area contributed by atoms with Gasteiger partial charge in [-0.15, -0.1) is 5.11 Å². The Balaban J connectivity index is 1.73. The maximum atomic E-state index is 13.9. The maximum absolute atomic E-state index is 13.9. The predicted molar refractivity (Wildman–Crippen MR) is 142 cm³/mol. The monoisotopic (exact) mass is 556 g/mol. The van der Waals surface area contributed by atoms with Crippen LogP contribution in [-0.4, -0.2) is 20.6 Å². The number of halogens is 3. The zero-order valence-electron chi connectivity index (χ0n) is 18.2. The molecule has 180 valence electrons. The van der Waals surface area contributed by atoms with E-state index < -0.39 is 17.6 Å². The van der Waals surface area contributed by atoms with Gasteiger partial charge in [0.05, 0.1) is 16.9 Å². The third kappa shape index (κ3) is 4.54. The molecule has 2 N–H and O–H groups in total. The molecular formula is C24H15Cl3N6O2S. The molecule has 1 aliphatic heterocycles. The van der Waals surface area contributed by atoms with E-state index in [9.17, 15) is 9.59 Å². The minimum absolute atomic E-state index is 0.0791. The number of nitrogens with zero attached hydrogens (tertiary/aromatic N) is 4. The summed E-state index contributed by atoms with van der Waals surface area (Å²) in [6, 6.07) is 18.5. The number of fused-ring (bicyclic) bond motifs is 1. The minimum Gasteiger partial charge on any atom is -0.318 e. The van der Waals surface area contributed by atoms with Gasteiger partial charge in [0.15, 0.2) is 4.77 Å². The van der Waals surface area contributed by atoms with Crippen molar-refractivity contribution in [1.82, 2.24) is 14.6 Å². The lowest BCUT2D eigenvalue weighted by molar-refractivity contribution is 0.192. The number of aromatic amines is 1. The summed E-state index contributed by atoms with van der Waals surface area (Å²) in [4.78, 5) is 30.0. The summed E-state index contributed by atoms with van der Waals surface area (Å²) in [6.07, 6.45) is 0. The van der Waals surface area contributed by atoms with Gasteiger partial charge in [0.25, 0.3) is 5.56 Å². The number of H-pyrrole nitrogens is 1. The summed E-state index contributed by atoms with van der Waals surface area (Å²) in [5.74, 6) is 0.149. The Hall–Kier alpha value is -3.50. The van der Waals surface area contributed by atoms with Crippen molar-refractivity contribution >= 4 is 64.6 Å². The van der Waals surface area contributed by atoms with E-state index in [1.165, 1.54) is 4.57 Å². The number of rotatable bonds is 4. The standard InChI is InChI=1S/C24H15Cl3N6O2S/c25-13-8-10-15(11-9-13)30-31-33-20(17-6-1-2-7-18(17)27)19-21(28-23(33)35)29-24(36)32(22(19)34)16-5-3-4-14(26)12-16/h1-12,20H,(H,28,35)(H,29,36). The molecule has 1 unspecified atom stereocenters. The Morgan fingerprint density at radius 3 is 2.36 bits per heavy atom. The third-order valence-corrected chi connectivity index (χ3v) is 6.56. The summed E-state index contributed by atoms with van der Waals surface area (Å²) in [5, 5.41) is 13.4. The van der Waals surface area contributed by atoms with Crippen molar-refractivity contribution in [2.45, 2.75) is 6.04 Å². The number of hydrogen-bond donors (Lipinski definition) is 2. The molecule has 1 aromatic heterocycles. The van der Waals surface area contributed by atoms with Crippen molar-refractivity contribution in [3.63, 3.8) is 0 Å². The highest BCUT2D eigenvalue weighted by molar-refractivity contribution is 7.71. The smallest absolute Gasteiger partial charge is 0.318 e. The molecule has 2 amide bonds. The Morgan fingerprint density at radius 2 is 1.64 bits per heavy atom. The van der Waals surface area contributed by atoms with Crippen molar-refractivity contribution in [3.8, 4) is 5.69 Å². The molecule has 0 bridgehead atoms. The normalized spacial score (nSPS) is 15.1. The second kappa shape index (κ2) is 9.87. The molecule has 5 rings (SSSR count). The highest BCUT2D eigenvalue weighted by Gasteiger charge is 2.39. The first-order valence-corrected chi connectivity index (χ1v) is 12.0. The number of carbonyl (C=O) groups excluding carboxylic acids is 1. The molecule has 4 aromatic rings. The van der Waals surface area contributed by atoms with Crippen LogP contribution >= 0.6 is 47.0 Å². The van der Waals surface area contributed by atoms with Crippen LogP contribution in [0.25, 0.3) is 5.69 Å². The first kappa shape index (κ1) is 24.2. The lowest BCUT2D eigenvalue weighted by Gasteiger charge is -2.33. The number of benzene rings is 3. The molecule has 0 fully saturated rings. The van der Waals surface area contributed by atoms with Crippen LogP contribution in [0.15, 0.2) is 87.9 Å². The van der Waals surface area contributed by atoms with Gasteiger partial charge in [0.2, 0.25) is 0 Å². The zero-order chi connectivity index (χ0) is 25.4. The summed E-state index contributed by atoms with van der Waals surface area (Å²) in [6.45, 7) is 0. The molecule has 0 radical (unpaired) electrons. The lowest BCUT2D eigenvalue weighted by atomic mass is 9.98. The van der Waals surface area contributed by atoms with Gasteiger partial charge in [-0.05, 0) is 60.7 Å². The quantitative estimate of drug-likeness (QED) is 0.201. The third-order valence-electron chi connectivity index (χ3n) is 5.45. The van der Waals surface area contributed by atoms with E-state index >= 15 is 0 Å². The number of amides is 2. The largest absolute Gasteiger partial charge is 0.345 e. The topological polar surface area (TPSA) is 94.8 Å². The molecule has 12 heteroatoms. The number of anilines is 1. The second-order valence-corrected chi connectivity index (χ2v) is 9.37. The van der Waals surface area contributed by atoms with Crippen molar-refractivity contribution in [1.29, 1.82) is 0 Å². The summed E-state index contributed by atoms with van der Waals surface area (Å²) in [7, 11) is 0. The van der Waals surface area contributed by atoms with Gasteiger partial charge in [0, 0.05) is 20.6 Å². The summed E-state index contributed by atoms with van der Waals surface area (Å²) >= 11 is 24.1. The summed E-state index contributed by atoms with van der Waals surface area (Å²) < 4.78 is 1.38. The molecule has 36 heavy (non-hydrogen) atoms. The Bertz CT molecular complexity index is 1630. The van der Waals surface area contributed by atoms with Crippen LogP contribution in [0.1, 0.15) is 17.2 Å². The Labute approximate surface area is 224 Å². The summed E-state index contributed by atoms with van der Waals surface area (Å²) in [5.41, 5.74) is 1.09. The molecule has 3 aromatic carbocycles. The van der Waals surface area contributed by atoms with Crippen molar-refractivity contribution in [2.24, 2.45) is 10.3 Å². The van der Waals surface area contributed by atoms with Crippen LogP contribution in [-0.2, 0) is 0 Å². The van der Waals surface area contributed by atoms with Crippen LogP contribution in [0.3, 0.4) is 0 Å². The molecule has 0 spiro atoms. The fourth-order valence-corrected chi connectivity index (χ4v) is 4.68. The predicted octanol–water partition coefficient (Wildman–Crippen LogP) is 7.49. The van der Waals surface area contributed by atoms with E-state index in [1.54, 1.807) is 72.8 Å². The number of urea groups is 1. The van der Waals surface area contributed by atoms with Crippen LogP contribution in [0, 0.1) is 4.77 Å². The Morgan fingerprint density at radius 1 is 0.889 bits per heavy atom.